The van der Waals surface area contributed by atoms with Gasteiger partial charge in [-0.3, -0.25) is 4.79 Å². The van der Waals surface area contributed by atoms with Crippen molar-refractivity contribution >= 4 is 11.6 Å². The van der Waals surface area contributed by atoms with Crippen molar-refractivity contribution in [3.8, 4) is 0 Å². The Morgan fingerprint density at radius 2 is 2.04 bits per heavy atom. The van der Waals surface area contributed by atoms with Gasteiger partial charge in [0.15, 0.2) is 5.82 Å². The van der Waals surface area contributed by atoms with Crippen molar-refractivity contribution in [3.05, 3.63) is 41.0 Å². The molecule has 132 valence electrons. The third kappa shape index (κ3) is 3.18. The van der Waals surface area contributed by atoms with Crippen LogP contribution in [0.4, 0.5) is 5.69 Å². The average Bonchev–Trinajstić information content (AvgIpc) is 3.29. The van der Waals surface area contributed by atoms with Crippen molar-refractivity contribution in [3.63, 3.8) is 0 Å². The molecule has 2 aliphatic heterocycles. The zero-order valence-corrected chi connectivity index (χ0v) is 14.7. The second-order valence-electron chi connectivity index (χ2n) is 7.06. The minimum atomic E-state index is 0.0860. The number of ether oxygens (including phenoxy) is 1. The zero-order valence-electron chi connectivity index (χ0n) is 14.7. The van der Waals surface area contributed by atoms with Gasteiger partial charge in [-0.05, 0) is 49.9 Å². The van der Waals surface area contributed by atoms with E-state index in [1.54, 1.807) is 0 Å². The van der Waals surface area contributed by atoms with Gasteiger partial charge >= 0.3 is 0 Å². The number of carbonyl (C=O) groups excluding carboxylic acids is 1. The molecule has 6 nitrogen and oxygen atoms in total. The second-order valence-corrected chi connectivity index (χ2v) is 7.06. The molecule has 1 aromatic heterocycles. The molecule has 0 saturated carbocycles. The number of hydrogen-bond acceptors (Lipinski definition) is 5. The molecule has 25 heavy (non-hydrogen) atoms. The van der Waals surface area contributed by atoms with Gasteiger partial charge in [0.05, 0.1) is 12.5 Å². The van der Waals surface area contributed by atoms with E-state index >= 15 is 0 Å². The molecule has 1 amide bonds. The highest BCUT2D eigenvalue weighted by Gasteiger charge is 2.32. The number of piperidine rings is 1. The van der Waals surface area contributed by atoms with E-state index in [2.05, 4.69) is 36.1 Å². The quantitative estimate of drug-likeness (QED) is 0.858. The molecule has 2 atom stereocenters. The van der Waals surface area contributed by atoms with Gasteiger partial charge in [0.25, 0.3) is 0 Å². The molecular formula is C19H23N3O3. The predicted molar refractivity (Wildman–Crippen MR) is 92.7 cm³/mol. The van der Waals surface area contributed by atoms with E-state index in [0.717, 1.165) is 31.0 Å². The fourth-order valence-electron chi connectivity index (χ4n) is 3.51. The van der Waals surface area contributed by atoms with Crippen LogP contribution < -0.4 is 4.90 Å². The smallest absolute Gasteiger partial charge is 0.231 e. The van der Waals surface area contributed by atoms with Crippen LogP contribution >= 0.6 is 0 Å². The summed E-state index contributed by atoms with van der Waals surface area (Å²) in [5, 5.41) is 4.15. The second kappa shape index (κ2) is 6.59. The summed E-state index contributed by atoms with van der Waals surface area (Å²) in [6.45, 7) is 6.15. The summed E-state index contributed by atoms with van der Waals surface area (Å²) in [6.07, 6.45) is 2.20. The molecule has 0 bridgehead atoms. The van der Waals surface area contributed by atoms with Crippen LogP contribution in [0.15, 0.2) is 22.7 Å². The minimum Gasteiger partial charge on any atom is -0.381 e. The van der Waals surface area contributed by atoms with Crippen molar-refractivity contribution in [2.24, 2.45) is 0 Å². The maximum Gasteiger partial charge on any atom is 0.231 e. The van der Waals surface area contributed by atoms with Crippen LogP contribution in [0.1, 0.15) is 53.9 Å². The first-order chi connectivity index (χ1) is 12.1. The fraction of sp³-hybridized carbons (Fsp3) is 0.526. The highest BCUT2D eigenvalue weighted by atomic mass is 16.5. The molecule has 0 N–H and O–H groups in total. The van der Waals surface area contributed by atoms with E-state index in [9.17, 15) is 4.79 Å². The lowest BCUT2D eigenvalue weighted by molar-refractivity contribution is -0.119. The fourth-order valence-corrected chi connectivity index (χ4v) is 3.51. The van der Waals surface area contributed by atoms with Gasteiger partial charge in [-0.25, -0.2) is 0 Å². The molecule has 2 saturated heterocycles. The zero-order chi connectivity index (χ0) is 17.4. The van der Waals surface area contributed by atoms with Crippen LogP contribution in [-0.4, -0.2) is 35.8 Å². The summed E-state index contributed by atoms with van der Waals surface area (Å²) in [7, 11) is 0. The SMILES string of the molecule is Cc1ccc(N2C[C@@H](c3nc([C@H]4CCOC4)no3)CCC2=O)cc1C. The Morgan fingerprint density at radius 1 is 1.16 bits per heavy atom. The van der Waals surface area contributed by atoms with Crippen molar-refractivity contribution < 1.29 is 14.1 Å². The summed E-state index contributed by atoms with van der Waals surface area (Å²) in [6, 6.07) is 6.15. The number of aryl methyl sites for hydroxylation is 2. The normalized spacial score (nSPS) is 24.1. The van der Waals surface area contributed by atoms with Gasteiger partial charge in [-0.1, -0.05) is 11.2 Å². The van der Waals surface area contributed by atoms with Crippen molar-refractivity contribution in [1.82, 2.24) is 10.1 Å². The number of benzene rings is 1. The predicted octanol–water partition coefficient (Wildman–Crippen LogP) is 3.10. The average molecular weight is 341 g/mol. The maximum absolute atomic E-state index is 12.4. The van der Waals surface area contributed by atoms with Crippen molar-refractivity contribution in [2.75, 3.05) is 24.7 Å². The number of hydrogen-bond donors (Lipinski definition) is 0. The lowest BCUT2D eigenvalue weighted by Crippen LogP contribution is -2.39. The molecule has 0 radical (unpaired) electrons. The molecule has 1 aromatic carbocycles. The Bertz CT molecular complexity index is 780. The highest BCUT2D eigenvalue weighted by molar-refractivity contribution is 5.94. The summed E-state index contributed by atoms with van der Waals surface area (Å²) in [5.74, 6) is 1.86. The highest BCUT2D eigenvalue weighted by Crippen LogP contribution is 2.32. The molecule has 2 aromatic rings. The van der Waals surface area contributed by atoms with Crippen LogP contribution in [0, 0.1) is 13.8 Å². The Labute approximate surface area is 147 Å². The molecule has 0 aliphatic carbocycles. The van der Waals surface area contributed by atoms with E-state index in [1.165, 1.54) is 11.1 Å². The largest absolute Gasteiger partial charge is 0.381 e. The standard InChI is InChI=1S/C19H23N3O3/c1-12-3-5-16(9-13(12)2)22-10-14(4-6-17(22)23)19-20-18(21-25-19)15-7-8-24-11-15/h3,5,9,14-15H,4,6-8,10-11H2,1-2H3/t14-,15-/m0/s1. The molecule has 4 rings (SSSR count). The first-order valence-electron chi connectivity index (χ1n) is 8.90. The van der Waals surface area contributed by atoms with Gasteiger partial charge in [-0.15, -0.1) is 0 Å². The van der Waals surface area contributed by atoms with E-state index in [4.69, 9.17) is 9.26 Å². The number of aromatic nitrogens is 2. The molecule has 2 fully saturated rings. The molecule has 0 unspecified atom stereocenters. The van der Waals surface area contributed by atoms with Crippen molar-refractivity contribution in [1.29, 1.82) is 0 Å². The molecule has 2 aliphatic rings. The lowest BCUT2D eigenvalue weighted by atomic mass is 9.96. The van der Waals surface area contributed by atoms with E-state index in [-0.39, 0.29) is 17.7 Å². The van der Waals surface area contributed by atoms with E-state index < -0.39 is 0 Å². The van der Waals surface area contributed by atoms with Gasteiger partial charge < -0.3 is 14.2 Å². The molecule has 0 spiro atoms. The van der Waals surface area contributed by atoms with Crippen LogP contribution in [0.2, 0.25) is 0 Å². The first-order valence-corrected chi connectivity index (χ1v) is 8.90. The van der Waals surface area contributed by atoms with Crippen LogP contribution in [0.5, 0.6) is 0 Å². The first kappa shape index (κ1) is 16.3. The Hall–Kier alpha value is -2.21. The summed E-state index contributed by atoms with van der Waals surface area (Å²) < 4.78 is 10.9. The van der Waals surface area contributed by atoms with Gasteiger partial charge in [0, 0.05) is 31.2 Å². The number of nitrogens with zero attached hydrogens (tertiary/aromatic N) is 3. The van der Waals surface area contributed by atoms with Gasteiger partial charge in [0.1, 0.15) is 0 Å². The van der Waals surface area contributed by atoms with Crippen LogP contribution in [-0.2, 0) is 9.53 Å². The number of carbonyl (C=O) groups is 1. The summed E-state index contributed by atoms with van der Waals surface area (Å²) in [5.41, 5.74) is 3.36. The Kier molecular flexibility index (Phi) is 4.29. The van der Waals surface area contributed by atoms with Crippen LogP contribution in [0.3, 0.4) is 0 Å². The van der Waals surface area contributed by atoms with Gasteiger partial charge in [0.2, 0.25) is 11.8 Å². The van der Waals surface area contributed by atoms with Gasteiger partial charge in [-0.2, -0.15) is 4.98 Å². The molecular weight excluding hydrogens is 318 g/mol. The lowest BCUT2D eigenvalue weighted by Gasteiger charge is -2.31. The van der Waals surface area contributed by atoms with Crippen molar-refractivity contribution in [2.45, 2.75) is 44.9 Å². The number of anilines is 1. The third-order valence-corrected chi connectivity index (χ3v) is 5.31. The number of amides is 1. The monoisotopic (exact) mass is 341 g/mol. The molecule has 6 heteroatoms. The number of rotatable bonds is 3. The minimum absolute atomic E-state index is 0.0860. The van der Waals surface area contributed by atoms with E-state index in [1.807, 2.05) is 11.0 Å². The Morgan fingerprint density at radius 3 is 2.80 bits per heavy atom. The topological polar surface area (TPSA) is 68.5 Å². The maximum atomic E-state index is 12.4. The summed E-state index contributed by atoms with van der Waals surface area (Å²) in [4.78, 5) is 18.9. The Balaban J connectivity index is 1.53. The van der Waals surface area contributed by atoms with E-state index in [0.29, 0.717) is 25.5 Å². The summed E-state index contributed by atoms with van der Waals surface area (Å²) >= 11 is 0. The van der Waals surface area contributed by atoms with Crippen LogP contribution in [0.25, 0.3) is 0 Å². The third-order valence-electron chi connectivity index (χ3n) is 5.31. The molecule has 3 heterocycles.